The van der Waals surface area contributed by atoms with Crippen molar-refractivity contribution in [2.45, 2.75) is 57.1 Å². The molecule has 3 heteroatoms. The monoisotopic (exact) mass is 259 g/mol. The van der Waals surface area contributed by atoms with Gasteiger partial charge in [-0.2, -0.15) is 0 Å². The van der Waals surface area contributed by atoms with Crippen LogP contribution >= 0.6 is 0 Å². The average molecular weight is 259 g/mol. The third-order valence-corrected chi connectivity index (χ3v) is 4.10. The molecule has 2 bridgehead atoms. The summed E-state index contributed by atoms with van der Waals surface area (Å²) in [5.74, 6) is 1.08. The van der Waals surface area contributed by atoms with Crippen molar-refractivity contribution in [3.05, 3.63) is 35.4 Å². The van der Waals surface area contributed by atoms with Crippen LogP contribution in [0.3, 0.4) is 0 Å². The van der Waals surface area contributed by atoms with Gasteiger partial charge in [0.2, 0.25) is 0 Å². The lowest BCUT2D eigenvalue weighted by atomic mass is 9.88. The molecule has 3 nitrogen and oxygen atoms in total. The molecule has 2 aliphatic rings. The highest BCUT2D eigenvalue weighted by atomic mass is 16.6. The second kappa shape index (κ2) is 4.26. The van der Waals surface area contributed by atoms with Crippen LogP contribution in [0.2, 0.25) is 0 Å². The highest BCUT2D eigenvalue weighted by molar-refractivity contribution is 5.68. The van der Waals surface area contributed by atoms with Gasteiger partial charge in [-0.25, -0.2) is 4.79 Å². The summed E-state index contributed by atoms with van der Waals surface area (Å²) in [6.45, 7) is 5.67. The van der Waals surface area contributed by atoms with E-state index in [0.29, 0.717) is 11.8 Å². The lowest BCUT2D eigenvalue weighted by Gasteiger charge is -2.27. The normalized spacial score (nSPS) is 28.1. The maximum Gasteiger partial charge on any atom is 0.407 e. The molecule has 0 radical (unpaired) electrons. The van der Waals surface area contributed by atoms with Crippen molar-refractivity contribution < 1.29 is 9.53 Å². The van der Waals surface area contributed by atoms with E-state index in [9.17, 15) is 4.79 Å². The van der Waals surface area contributed by atoms with Crippen molar-refractivity contribution in [3.8, 4) is 0 Å². The number of nitrogens with one attached hydrogen (secondary N) is 1. The number of benzene rings is 1. The molecule has 1 amide bonds. The number of carbonyl (C=O) groups excluding carboxylic acids is 1. The van der Waals surface area contributed by atoms with Crippen molar-refractivity contribution in [3.63, 3.8) is 0 Å². The Labute approximate surface area is 114 Å². The molecule has 1 aromatic carbocycles. The lowest BCUT2D eigenvalue weighted by molar-refractivity contribution is 0.0500. The van der Waals surface area contributed by atoms with Gasteiger partial charge in [0.1, 0.15) is 5.60 Å². The molecule has 0 saturated heterocycles. The van der Waals surface area contributed by atoms with Crippen molar-refractivity contribution in [1.82, 2.24) is 5.32 Å². The predicted octanol–water partition coefficient (Wildman–Crippen LogP) is 3.55. The minimum absolute atomic E-state index is 0.231. The van der Waals surface area contributed by atoms with E-state index in [1.165, 1.54) is 17.5 Å². The van der Waals surface area contributed by atoms with E-state index in [1.807, 2.05) is 20.8 Å². The molecule has 1 saturated carbocycles. The van der Waals surface area contributed by atoms with Crippen LogP contribution in [0.25, 0.3) is 0 Å². The van der Waals surface area contributed by atoms with Crippen LogP contribution in [0.4, 0.5) is 4.79 Å². The Balaban J connectivity index is 1.69. The van der Waals surface area contributed by atoms with Gasteiger partial charge >= 0.3 is 6.09 Å². The fourth-order valence-corrected chi connectivity index (χ4v) is 3.47. The molecule has 1 aromatic rings. The molecule has 3 unspecified atom stereocenters. The number of alkyl carbamates (subject to hydrolysis) is 1. The maximum atomic E-state index is 11.9. The number of carbonyl (C=O) groups is 1. The third kappa shape index (κ3) is 2.34. The smallest absolute Gasteiger partial charge is 0.407 e. The zero-order valence-corrected chi connectivity index (χ0v) is 11.8. The first-order valence-electron chi connectivity index (χ1n) is 7.02. The minimum atomic E-state index is -0.431. The molecule has 102 valence electrons. The van der Waals surface area contributed by atoms with Gasteiger partial charge in [0.05, 0.1) is 0 Å². The summed E-state index contributed by atoms with van der Waals surface area (Å²) in [7, 11) is 0. The van der Waals surface area contributed by atoms with Gasteiger partial charge in [-0.05, 0) is 50.7 Å². The molecule has 19 heavy (non-hydrogen) atoms. The fraction of sp³-hybridized carbons (Fsp3) is 0.562. The van der Waals surface area contributed by atoms with Crippen molar-refractivity contribution in [2.75, 3.05) is 0 Å². The molecule has 0 spiro atoms. The largest absolute Gasteiger partial charge is 0.444 e. The second-order valence-electron chi connectivity index (χ2n) is 6.66. The first-order chi connectivity index (χ1) is 8.94. The first-order valence-corrected chi connectivity index (χ1v) is 7.02. The van der Waals surface area contributed by atoms with Gasteiger partial charge in [-0.3, -0.25) is 0 Å². The molecule has 0 heterocycles. The van der Waals surface area contributed by atoms with E-state index in [1.54, 1.807) is 0 Å². The number of ether oxygens (including phenoxy) is 1. The Morgan fingerprint density at radius 1 is 1.21 bits per heavy atom. The SMILES string of the molecule is CC(C)(C)OC(=O)NC1CC2CC1c1ccccc12. The van der Waals surface area contributed by atoms with Crippen molar-refractivity contribution >= 4 is 6.09 Å². The Kier molecular flexibility index (Phi) is 2.80. The average Bonchev–Trinajstić information content (AvgIpc) is 2.85. The summed E-state index contributed by atoms with van der Waals surface area (Å²) >= 11 is 0. The van der Waals surface area contributed by atoms with Crippen LogP contribution < -0.4 is 5.32 Å². The summed E-state index contributed by atoms with van der Waals surface area (Å²) in [5, 5.41) is 3.05. The highest BCUT2D eigenvalue weighted by Gasteiger charge is 2.44. The van der Waals surface area contributed by atoms with E-state index in [2.05, 4.69) is 29.6 Å². The topological polar surface area (TPSA) is 38.3 Å². The van der Waals surface area contributed by atoms with E-state index in [0.717, 1.165) is 6.42 Å². The van der Waals surface area contributed by atoms with Crippen LogP contribution in [-0.4, -0.2) is 17.7 Å². The van der Waals surface area contributed by atoms with Gasteiger partial charge in [0.15, 0.2) is 0 Å². The summed E-state index contributed by atoms with van der Waals surface area (Å²) < 4.78 is 5.35. The van der Waals surface area contributed by atoms with Crippen LogP contribution in [0, 0.1) is 0 Å². The van der Waals surface area contributed by atoms with Gasteiger partial charge in [-0.1, -0.05) is 24.3 Å². The van der Waals surface area contributed by atoms with E-state index >= 15 is 0 Å². The van der Waals surface area contributed by atoms with Gasteiger partial charge in [0.25, 0.3) is 0 Å². The molecule has 3 atom stereocenters. The van der Waals surface area contributed by atoms with E-state index in [4.69, 9.17) is 4.74 Å². The van der Waals surface area contributed by atoms with Crippen LogP contribution in [0.1, 0.15) is 56.6 Å². The van der Waals surface area contributed by atoms with Crippen LogP contribution in [0.5, 0.6) is 0 Å². The molecule has 1 fully saturated rings. The Bertz CT molecular complexity index is 504. The van der Waals surface area contributed by atoms with Crippen molar-refractivity contribution in [1.29, 1.82) is 0 Å². The first kappa shape index (κ1) is 12.5. The van der Waals surface area contributed by atoms with Gasteiger partial charge in [0, 0.05) is 12.0 Å². The number of amides is 1. The number of hydrogen-bond donors (Lipinski definition) is 1. The fourth-order valence-electron chi connectivity index (χ4n) is 3.47. The molecule has 0 aromatic heterocycles. The maximum absolute atomic E-state index is 11.9. The molecular formula is C16H21NO2. The zero-order chi connectivity index (χ0) is 13.6. The Hall–Kier alpha value is -1.51. The summed E-state index contributed by atoms with van der Waals surface area (Å²) in [4.78, 5) is 11.9. The van der Waals surface area contributed by atoms with Crippen LogP contribution in [0.15, 0.2) is 24.3 Å². The van der Waals surface area contributed by atoms with Gasteiger partial charge < -0.3 is 10.1 Å². The molecule has 0 aliphatic heterocycles. The standard InChI is InChI=1S/C16H21NO2/c1-16(2,3)19-15(18)17-14-9-10-8-13(14)12-7-5-4-6-11(10)12/h4-7,10,13-14H,8-9H2,1-3H3,(H,17,18). The summed E-state index contributed by atoms with van der Waals surface area (Å²) in [5.41, 5.74) is 2.47. The minimum Gasteiger partial charge on any atom is -0.444 e. The van der Waals surface area contributed by atoms with Crippen LogP contribution in [-0.2, 0) is 4.74 Å². The Morgan fingerprint density at radius 2 is 1.89 bits per heavy atom. The van der Waals surface area contributed by atoms with Gasteiger partial charge in [-0.15, -0.1) is 0 Å². The quantitative estimate of drug-likeness (QED) is 0.837. The lowest BCUT2D eigenvalue weighted by Crippen LogP contribution is -2.41. The Morgan fingerprint density at radius 3 is 2.58 bits per heavy atom. The summed E-state index contributed by atoms with van der Waals surface area (Å²) in [6, 6.07) is 8.85. The number of hydrogen-bond acceptors (Lipinski definition) is 2. The van der Waals surface area contributed by atoms with E-state index in [-0.39, 0.29) is 12.1 Å². The number of rotatable bonds is 1. The predicted molar refractivity (Wildman–Crippen MR) is 74.3 cm³/mol. The molecule has 3 rings (SSSR count). The third-order valence-electron chi connectivity index (χ3n) is 4.10. The number of fused-ring (bicyclic) bond motifs is 5. The van der Waals surface area contributed by atoms with Crippen molar-refractivity contribution in [2.24, 2.45) is 0 Å². The molecule has 1 N–H and O–H groups in total. The highest BCUT2D eigenvalue weighted by Crippen LogP contribution is 2.52. The summed E-state index contributed by atoms with van der Waals surface area (Å²) in [6.07, 6.45) is 1.92. The molecular weight excluding hydrogens is 238 g/mol. The van der Waals surface area contributed by atoms with E-state index < -0.39 is 5.60 Å². The second-order valence-corrected chi connectivity index (χ2v) is 6.66. The molecule has 2 aliphatic carbocycles. The zero-order valence-electron chi connectivity index (χ0n) is 11.8.